The molecule has 74 valence electrons. The molecule has 0 amide bonds. The molecule has 2 rings (SSSR count). The average Bonchev–Trinajstić information content (AvgIpc) is 2.18. The summed E-state index contributed by atoms with van der Waals surface area (Å²) in [5, 5.41) is 0. The zero-order valence-electron chi connectivity index (χ0n) is 8.38. The molecule has 0 saturated carbocycles. The molecule has 1 aliphatic heterocycles. The summed E-state index contributed by atoms with van der Waals surface area (Å²) in [6.07, 6.45) is 3.10. The van der Waals surface area contributed by atoms with Gasteiger partial charge in [-0.05, 0) is 25.5 Å². The summed E-state index contributed by atoms with van der Waals surface area (Å²) in [7, 11) is 0. The summed E-state index contributed by atoms with van der Waals surface area (Å²) in [5.74, 6) is 0.964. The second-order valence-corrected chi connectivity index (χ2v) is 4.61. The van der Waals surface area contributed by atoms with E-state index in [0.717, 1.165) is 22.2 Å². The maximum absolute atomic E-state index is 5.93. The van der Waals surface area contributed by atoms with E-state index in [1.165, 1.54) is 0 Å². The van der Waals surface area contributed by atoms with Crippen LogP contribution in [0.1, 0.15) is 25.8 Å². The first-order chi connectivity index (χ1) is 6.64. The van der Waals surface area contributed by atoms with Crippen LogP contribution < -0.4 is 4.74 Å². The Bertz CT molecular complexity index is 384. The van der Waals surface area contributed by atoms with Gasteiger partial charge < -0.3 is 4.74 Å². The lowest BCUT2D eigenvalue weighted by atomic mass is 9.98. The third-order valence-corrected chi connectivity index (χ3v) is 3.28. The van der Waals surface area contributed by atoms with Gasteiger partial charge in [0, 0.05) is 10.0 Å². The van der Waals surface area contributed by atoms with Crippen molar-refractivity contribution in [2.24, 2.45) is 0 Å². The summed E-state index contributed by atoms with van der Waals surface area (Å²) < 4.78 is 7.06. The molecule has 0 aliphatic carbocycles. The molecular weight excluding hydrogens is 240 g/mol. The first-order valence-electron chi connectivity index (χ1n) is 4.81. The Balaban J connectivity index is 2.49. The molecule has 1 heterocycles. The van der Waals surface area contributed by atoms with Crippen molar-refractivity contribution in [3.05, 3.63) is 35.9 Å². The number of hydrogen-bond acceptors (Lipinski definition) is 1. The van der Waals surface area contributed by atoms with Crippen LogP contribution in [-0.2, 0) is 0 Å². The van der Waals surface area contributed by atoms with E-state index in [-0.39, 0.29) is 5.60 Å². The molecular formula is C12H13BrO. The summed E-state index contributed by atoms with van der Waals surface area (Å²) >= 11 is 3.58. The SMILES string of the molecule is CCC1(C)C=C(Br)c2ccccc2O1. The van der Waals surface area contributed by atoms with Crippen molar-refractivity contribution >= 4 is 20.4 Å². The van der Waals surface area contributed by atoms with Gasteiger partial charge in [-0.25, -0.2) is 0 Å². The third kappa shape index (κ3) is 1.59. The highest BCUT2D eigenvalue weighted by molar-refractivity contribution is 9.15. The van der Waals surface area contributed by atoms with E-state index in [2.05, 4.69) is 41.9 Å². The molecule has 0 spiro atoms. The van der Waals surface area contributed by atoms with Gasteiger partial charge in [0.2, 0.25) is 0 Å². The lowest BCUT2D eigenvalue weighted by molar-refractivity contribution is 0.133. The molecule has 1 nitrogen and oxygen atoms in total. The van der Waals surface area contributed by atoms with Crippen LogP contribution in [0.15, 0.2) is 30.3 Å². The van der Waals surface area contributed by atoms with Crippen molar-refractivity contribution in [1.29, 1.82) is 0 Å². The third-order valence-electron chi connectivity index (χ3n) is 2.62. The fourth-order valence-corrected chi connectivity index (χ4v) is 2.37. The normalized spacial score (nSPS) is 24.9. The van der Waals surface area contributed by atoms with Crippen LogP contribution in [0.5, 0.6) is 5.75 Å². The molecule has 0 saturated heterocycles. The van der Waals surface area contributed by atoms with E-state index in [1.807, 2.05) is 18.2 Å². The van der Waals surface area contributed by atoms with Crippen LogP contribution in [0.4, 0.5) is 0 Å². The fraction of sp³-hybridized carbons (Fsp3) is 0.333. The minimum Gasteiger partial charge on any atom is -0.483 e. The monoisotopic (exact) mass is 252 g/mol. The minimum atomic E-state index is -0.173. The topological polar surface area (TPSA) is 9.23 Å². The van der Waals surface area contributed by atoms with Crippen molar-refractivity contribution in [2.45, 2.75) is 25.9 Å². The van der Waals surface area contributed by atoms with Crippen LogP contribution in [0.2, 0.25) is 0 Å². The second-order valence-electron chi connectivity index (χ2n) is 3.76. The Kier molecular flexibility index (Phi) is 2.40. The van der Waals surface area contributed by atoms with E-state index in [1.54, 1.807) is 0 Å². The first-order valence-corrected chi connectivity index (χ1v) is 5.61. The molecule has 2 heteroatoms. The van der Waals surface area contributed by atoms with Crippen LogP contribution in [0, 0.1) is 0 Å². The van der Waals surface area contributed by atoms with Crippen molar-refractivity contribution in [3.8, 4) is 5.75 Å². The molecule has 1 atom stereocenters. The highest BCUT2D eigenvalue weighted by Gasteiger charge is 2.27. The van der Waals surface area contributed by atoms with Gasteiger partial charge in [-0.1, -0.05) is 41.1 Å². The van der Waals surface area contributed by atoms with Gasteiger partial charge in [-0.2, -0.15) is 0 Å². The molecule has 1 unspecified atom stereocenters. The molecule has 0 radical (unpaired) electrons. The van der Waals surface area contributed by atoms with Crippen molar-refractivity contribution in [3.63, 3.8) is 0 Å². The largest absolute Gasteiger partial charge is 0.483 e. The number of halogens is 1. The smallest absolute Gasteiger partial charge is 0.128 e. The van der Waals surface area contributed by atoms with E-state index < -0.39 is 0 Å². The van der Waals surface area contributed by atoms with Gasteiger partial charge in [0.1, 0.15) is 11.4 Å². The van der Waals surface area contributed by atoms with Crippen LogP contribution in [-0.4, -0.2) is 5.60 Å². The van der Waals surface area contributed by atoms with Crippen LogP contribution in [0.25, 0.3) is 4.48 Å². The zero-order valence-corrected chi connectivity index (χ0v) is 9.97. The molecule has 0 N–H and O–H groups in total. The molecule has 1 aromatic rings. The minimum absolute atomic E-state index is 0.173. The Morgan fingerprint density at radius 1 is 1.36 bits per heavy atom. The Hall–Kier alpha value is -0.760. The Labute approximate surface area is 92.9 Å². The molecule has 0 fully saturated rings. The molecule has 0 aromatic heterocycles. The van der Waals surface area contributed by atoms with Crippen molar-refractivity contribution < 1.29 is 4.74 Å². The maximum Gasteiger partial charge on any atom is 0.128 e. The second kappa shape index (κ2) is 3.43. The van der Waals surface area contributed by atoms with Crippen LogP contribution in [0.3, 0.4) is 0 Å². The Morgan fingerprint density at radius 3 is 2.79 bits per heavy atom. The lowest BCUT2D eigenvalue weighted by Crippen LogP contribution is -2.31. The first kappa shape index (κ1) is 9.78. The molecule has 1 aliphatic rings. The predicted octanol–water partition coefficient (Wildman–Crippen LogP) is 3.98. The van der Waals surface area contributed by atoms with Crippen molar-refractivity contribution in [2.75, 3.05) is 0 Å². The quantitative estimate of drug-likeness (QED) is 0.735. The van der Waals surface area contributed by atoms with Gasteiger partial charge in [-0.3, -0.25) is 0 Å². The van der Waals surface area contributed by atoms with E-state index in [0.29, 0.717) is 0 Å². The maximum atomic E-state index is 5.93. The summed E-state index contributed by atoms with van der Waals surface area (Å²) in [6, 6.07) is 8.09. The number of rotatable bonds is 1. The van der Waals surface area contributed by atoms with Gasteiger partial charge in [0.05, 0.1) is 0 Å². The number of benzene rings is 1. The lowest BCUT2D eigenvalue weighted by Gasteiger charge is -2.31. The number of ether oxygens (including phenoxy) is 1. The number of para-hydroxylation sites is 1. The summed E-state index contributed by atoms with van der Waals surface area (Å²) in [4.78, 5) is 0. The van der Waals surface area contributed by atoms with Gasteiger partial charge in [0.15, 0.2) is 0 Å². The average molecular weight is 253 g/mol. The number of fused-ring (bicyclic) bond motifs is 1. The molecule has 0 bridgehead atoms. The van der Waals surface area contributed by atoms with E-state index in [4.69, 9.17) is 4.74 Å². The van der Waals surface area contributed by atoms with Gasteiger partial charge in [-0.15, -0.1) is 0 Å². The fourth-order valence-electron chi connectivity index (χ4n) is 1.55. The standard InChI is InChI=1S/C12H13BrO/c1-3-12(2)8-10(13)9-6-4-5-7-11(9)14-12/h4-8H,3H2,1-2H3. The van der Waals surface area contributed by atoms with Gasteiger partial charge in [0.25, 0.3) is 0 Å². The Morgan fingerprint density at radius 2 is 2.07 bits per heavy atom. The van der Waals surface area contributed by atoms with Crippen molar-refractivity contribution in [1.82, 2.24) is 0 Å². The van der Waals surface area contributed by atoms with Crippen LogP contribution >= 0.6 is 15.9 Å². The summed E-state index contributed by atoms with van der Waals surface area (Å²) in [6.45, 7) is 4.23. The number of hydrogen-bond donors (Lipinski definition) is 0. The zero-order chi connectivity index (χ0) is 10.2. The van der Waals surface area contributed by atoms with Gasteiger partial charge >= 0.3 is 0 Å². The summed E-state index contributed by atoms with van der Waals surface area (Å²) in [5.41, 5.74) is 0.964. The predicted molar refractivity (Wildman–Crippen MR) is 62.7 cm³/mol. The molecule has 1 aromatic carbocycles. The molecule has 14 heavy (non-hydrogen) atoms. The van der Waals surface area contributed by atoms with E-state index >= 15 is 0 Å². The highest BCUT2D eigenvalue weighted by Crippen LogP contribution is 2.39. The van der Waals surface area contributed by atoms with E-state index in [9.17, 15) is 0 Å². The highest BCUT2D eigenvalue weighted by atomic mass is 79.9.